The number of methoxy groups -OCH3 is 1. The van der Waals surface area contributed by atoms with Gasteiger partial charge in [-0.05, 0) is 48.4 Å². The van der Waals surface area contributed by atoms with Gasteiger partial charge in [0, 0.05) is 10.5 Å². The van der Waals surface area contributed by atoms with E-state index in [0.29, 0.717) is 35.3 Å². The van der Waals surface area contributed by atoms with Crippen LogP contribution in [0.4, 0.5) is 0 Å². The number of nitrogens with zero attached hydrogens (tertiary/aromatic N) is 2. The fourth-order valence-corrected chi connectivity index (χ4v) is 3.27. The number of aliphatic imine (C=N–C) groups is 1. The number of halogens is 1. The summed E-state index contributed by atoms with van der Waals surface area (Å²) in [4.78, 5) is 21.8. The van der Waals surface area contributed by atoms with Crippen molar-refractivity contribution < 1.29 is 19.1 Å². The number of ether oxygens (including phenoxy) is 2. The fraction of sp³-hybridized carbons (Fsp3) is 0.136. The summed E-state index contributed by atoms with van der Waals surface area (Å²) in [5.74, 6) is 1.43. The summed E-state index contributed by atoms with van der Waals surface area (Å²) in [5.41, 5.74) is 1.83. The van der Waals surface area contributed by atoms with E-state index in [4.69, 9.17) is 19.7 Å². The monoisotopic (exact) mass is 467 g/mol. The molecule has 2 aromatic rings. The Kier molecular flexibility index (Phi) is 5.41. The van der Waals surface area contributed by atoms with E-state index in [1.54, 1.807) is 44.4 Å². The molecular weight excluding hydrogens is 450 g/mol. The molecule has 0 saturated heterocycles. The van der Waals surface area contributed by atoms with Gasteiger partial charge in [-0.3, -0.25) is 10.2 Å². The molecule has 2 aliphatic rings. The lowest BCUT2D eigenvalue weighted by molar-refractivity contribution is -0.114. The molecule has 0 spiro atoms. The standard InChI is InChI=1S/C22H18BrN3O4/c1-13-9-20-25-22(27)17(21(24)26(20)30-13)10-15-5-8-18(19(11-15)28-2)29-12-14-3-6-16(23)7-4-14/h3-11,24H,12H2,1-2H3/b17-10+,24-21?. The highest BCUT2D eigenvalue weighted by molar-refractivity contribution is 9.10. The normalized spacial score (nSPS) is 16.8. The van der Waals surface area contributed by atoms with Gasteiger partial charge in [0.25, 0.3) is 5.91 Å². The molecule has 2 aromatic carbocycles. The van der Waals surface area contributed by atoms with Crippen molar-refractivity contribution in [3.63, 3.8) is 0 Å². The molecule has 8 heteroatoms. The second-order valence-corrected chi connectivity index (χ2v) is 7.56. The highest BCUT2D eigenvalue weighted by Crippen LogP contribution is 2.31. The molecular formula is C22H18BrN3O4. The molecule has 152 valence electrons. The zero-order valence-corrected chi connectivity index (χ0v) is 17.9. The summed E-state index contributed by atoms with van der Waals surface area (Å²) in [7, 11) is 1.55. The van der Waals surface area contributed by atoms with E-state index in [-0.39, 0.29) is 11.4 Å². The van der Waals surface area contributed by atoms with Crippen LogP contribution in [0.1, 0.15) is 18.1 Å². The van der Waals surface area contributed by atoms with Crippen molar-refractivity contribution in [3.8, 4) is 11.5 Å². The van der Waals surface area contributed by atoms with Gasteiger partial charge < -0.3 is 14.3 Å². The van der Waals surface area contributed by atoms with Crippen molar-refractivity contribution in [1.82, 2.24) is 5.06 Å². The average Bonchev–Trinajstić information content (AvgIpc) is 3.11. The third-order valence-corrected chi connectivity index (χ3v) is 5.02. The number of benzene rings is 2. The maximum atomic E-state index is 12.4. The van der Waals surface area contributed by atoms with Gasteiger partial charge in [-0.15, -0.1) is 5.06 Å². The third-order valence-electron chi connectivity index (χ3n) is 4.49. The highest BCUT2D eigenvalue weighted by atomic mass is 79.9. The average molecular weight is 468 g/mol. The fourth-order valence-electron chi connectivity index (χ4n) is 3.00. The Morgan fingerprint density at radius 3 is 2.70 bits per heavy atom. The highest BCUT2D eigenvalue weighted by Gasteiger charge is 2.34. The van der Waals surface area contributed by atoms with Crippen LogP contribution in [0.2, 0.25) is 0 Å². The first-order valence-corrected chi connectivity index (χ1v) is 9.89. The Hall–Kier alpha value is -3.39. The van der Waals surface area contributed by atoms with Crippen LogP contribution in [0.3, 0.4) is 0 Å². The summed E-state index contributed by atoms with van der Waals surface area (Å²) < 4.78 is 12.3. The van der Waals surface area contributed by atoms with Gasteiger partial charge in [0.15, 0.2) is 23.2 Å². The van der Waals surface area contributed by atoms with E-state index in [9.17, 15) is 4.79 Å². The third kappa shape index (κ3) is 3.99. The second-order valence-electron chi connectivity index (χ2n) is 6.65. The van der Waals surface area contributed by atoms with Crippen LogP contribution in [0, 0.1) is 5.41 Å². The van der Waals surface area contributed by atoms with Crippen LogP contribution in [0.15, 0.2) is 69.3 Å². The number of fused-ring (bicyclic) bond motifs is 1. The Morgan fingerprint density at radius 1 is 1.20 bits per heavy atom. The molecule has 4 rings (SSSR count). The van der Waals surface area contributed by atoms with Gasteiger partial charge >= 0.3 is 0 Å². The Balaban J connectivity index is 1.55. The number of nitrogens with one attached hydrogen (secondary N) is 1. The topological polar surface area (TPSA) is 84.2 Å². The van der Waals surface area contributed by atoms with Crippen LogP contribution in [0.5, 0.6) is 11.5 Å². The zero-order valence-electron chi connectivity index (χ0n) is 16.3. The molecule has 7 nitrogen and oxygen atoms in total. The molecule has 2 heterocycles. The van der Waals surface area contributed by atoms with E-state index in [2.05, 4.69) is 20.9 Å². The smallest absolute Gasteiger partial charge is 0.282 e. The van der Waals surface area contributed by atoms with Gasteiger partial charge in [-0.1, -0.05) is 34.1 Å². The van der Waals surface area contributed by atoms with Crippen molar-refractivity contribution in [2.75, 3.05) is 7.11 Å². The van der Waals surface area contributed by atoms with E-state index in [1.807, 2.05) is 24.3 Å². The van der Waals surface area contributed by atoms with E-state index in [0.717, 1.165) is 10.0 Å². The van der Waals surface area contributed by atoms with Crippen molar-refractivity contribution in [1.29, 1.82) is 5.41 Å². The van der Waals surface area contributed by atoms with E-state index in [1.165, 1.54) is 5.06 Å². The number of carbonyl (C=O) groups is 1. The summed E-state index contributed by atoms with van der Waals surface area (Å²) in [6, 6.07) is 13.2. The van der Waals surface area contributed by atoms with Crippen LogP contribution in [-0.4, -0.2) is 29.8 Å². The molecule has 2 aliphatic heterocycles. The molecule has 1 N–H and O–H groups in total. The number of carbonyl (C=O) groups excluding carboxylic acids is 1. The number of hydrogen-bond donors (Lipinski definition) is 1. The van der Waals surface area contributed by atoms with Crippen molar-refractivity contribution in [2.45, 2.75) is 13.5 Å². The van der Waals surface area contributed by atoms with Gasteiger partial charge in [0.05, 0.1) is 12.7 Å². The Bertz CT molecular complexity index is 1120. The van der Waals surface area contributed by atoms with Crippen LogP contribution in [0.25, 0.3) is 6.08 Å². The lowest BCUT2D eigenvalue weighted by atomic mass is 10.1. The van der Waals surface area contributed by atoms with Crippen LogP contribution >= 0.6 is 15.9 Å². The summed E-state index contributed by atoms with van der Waals surface area (Å²) >= 11 is 3.41. The zero-order chi connectivity index (χ0) is 21.3. The molecule has 0 fully saturated rings. The number of amides is 1. The van der Waals surface area contributed by atoms with Crippen LogP contribution < -0.4 is 9.47 Å². The predicted octanol–water partition coefficient (Wildman–Crippen LogP) is 4.49. The van der Waals surface area contributed by atoms with Gasteiger partial charge in [-0.2, -0.15) is 4.99 Å². The minimum absolute atomic E-state index is 0.0624. The first kappa shape index (κ1) is 19.9. The summed E-state index contributed by atoms with van der Waals surface area (Å²) in [6.45, 7) is 2.13. The largest absolute Gasteiger partial charge is 0.493 e. The Labute approximate surface area is 181 Å². The van der Waals surface area contributed by atoms with E-state index < -0.39 is 5.91 Å². The summed E-state index contributed by atoms with van der Waals surface area (Å²) in [6.07, 6.45) is 3.20. The van der Waals surface area contributed by atoms with Crippen molar-refractivity contribution >= 4 is 39.6 Å². The molecule has 0 atom stereocenters. The van der Waals surface area contributed by atoms with Crippen LogP contribution in [-0.2, 0) is 16.2 Å². The van der Waals surface area contributed by atoms with Gasteiger partial charge in [0.2, 0.25) is 0 Å². The SMILES string of the molecule is COc1cc(/C=C2\C(=N)N3OC(C)=CC3=NC2=O)ccc1OCc1ccc(Br)cc1. The predicted molar refractivity (Wildman–Crippen MR) is 116 cm³/mol. The van der Waals surface area contributed by atoms with Gasteiger partial charge in [0.1, 0.15) is 12.4 Å². The number of rotatable bonds is 5. The first-order valence-electron chi connectivity index (χ1n) is 9.10. The lowest BCUT2D eigenvalue weighted by Gasteiger charge is -2.23. The molecule has 0 aliphatic carbocycles. The molecule has 30 heavy (non-hydrogen) atoms. The van der Waals surface area contributed by atoms with Crippen molar-refractivity contribution in [2.24, 2.45) is 4.99 Å². The number of hydroxylamine groups is 2. The molecule has 1 amide bonds. The molecule has 0 radical (unpaired) electrons. The summed E-state index contributed by atoms with van der Waals surface area (Å²) in [5, 5.41) is 9.53. The lowest BCUT2D eigenvalue weighted by Crippen LogP contribution is -2.38. The van der Waals surface area contributed by atoms with E-state index >= 15 is 0 Å². The van der Waals surface area contributed by atoms with Gasteiger partial charge in [-0.25, -0.2) is 0 Å². The second kappa shape index (κ2) is 8.16. The number of hydrogen-bond acceptors (Lipinski definition) is 5. The first-order chi connectivity index (χ1) is 14.4. The molecule has 0 bridgehead atoms. The quantitative estimate of drug-likeness (QED) is 0.654. The molecule has 0 saturated carbocycles. The minimum Gasteiger partial charge on any atom is -0.493 e. The maximum Gasteiger partial charge on any atom is 0.282 e. The molecule has 0 aromatic heterocycles. The van der Waals surface area contributed by atoms with Crippen molar-refractivity contribution in [3.05, 3.63) is 75.5 Å². The number of allylic oxidation sites excluding steroid dienone is 1. The minimum atomic E-state index is -0.490. The number of amidine groups is 2. The molecule has 0 unspecified atom stereocenters. The Morgan fingerprint density at radius 2 is 1.97 bits per heavy atom. The maximum absolute atomic E-state index is 12.4.